The predicted octanol–water partition coefficient (Wildman–Crippen LogP) is 2.13. The fourth-order valence-electron chi connectivity index (χ4n) is 1.58. The van der Waals surface area contributed by atoms with Gasteiger partial charge in [-0.05, 0) is 18.2 Å². The zero-order valence-corrected chi connectivity index (χ0v) is 11.4. The van der Waals surface area contributed by atoms with Crippen LogP contribution >= 0.6 is 11.8 Å². The Kier molecular flexibility index (Phi) is 4.78. The van der Waals surface area contributed by atoms with Gasteiger partial charge in [-0.25, -0.2) is 0 Å². The Labute approximate surface area is 118 Å². The Morgan fingerprint density at radius 2 is 2.25 bits per heavy atom. The number of benzene rings is 1. The normalized spacial score (nSPS) is 14.1. The minimum Gasteiger partial charge on any atom is -0.493 e. The van der Waals surface area contributed by atoms with Crippen LogP contribution in [0.5, 0.6) is 11.5 Å². The number of hydrogen-bond donors (Lipinski definition) is 1. The molecule has 1 aromatic rings. The predicted molar refractivity (Wildman–Crippen MR) is 71.9 cm³/mol. The zero-order chi connectivity index (χ0) is 14.5. The molecule has 0 radical (unpaired) electrons. The quantitative estimate of drug-likeness (QED) is 0.925. The summed E-state index contributed by atoms with van der Waals surface area (Å²) in [6.07, 6.45) is 0. The first-order valence-electron chi connectivity index (χ1n) is 5.71. The SMILES string of the molecule is COc1cc(C(=O)NC2=NCCS2)ccc1OC(F)F. The lowest BCUT2D eigenvalue weighted by Crippen LogP contribution is -2.27. The van der Waals surface area contributed by atoms with Gasteiger partial charge in [-0.3, -0.25) is 9.79 Å². The van der Waals surface area contributed by atoms with Gasteiger partial charge in [-0.15, -0.1) is 0 Å². The van der Waals surface area contributed by atoms with Crippen LogP contribution in [0.4, 0.5) is 8.78 Å². The van der Waals surface area contributed by atoms with E-state index in [0.29, 0.717) is 11.7 Å². The van der Waals surface area contributed by atoms with Crippen LogP contribution in [-0.4, -0.2) is 37.1 Å². The maximum Gasteiger partial charge on any atom is 0.387 e. The number of methoxy groups -OCH3 is 1. The number of aliphatic imine (C=N–C) groups is 1. The molecule has 0 unspecified atom stereocenters. The van der Waals surface area contributed by atoms with E-state index < -0.39 is 6.61 Å². The number of hydrogen-bond acceptors (Lipinski definition) is 5. The summed E-state index contributed by atoms with van der Waals surface area (Å²) in [7, 11) is 1.31. The average Bonchev–Trinajstić information content (AvgIpc) is 2.91. The van der Waals surface area contributed by atoms with Gasteiger partial charge >= 0.3 is 6.61 Å². The highest BCUT2D eigenvalue weighted by atomic mass is 32.2. The highest BCUT2D eigenvalue weighted by Gasteiger charge is 2.16. The molecule has 1 N–H and O–H groups in total. The lowest BCUT2D eigenvalue weighted by atomic mass is 10.2. The van der Waals surface area contributed by atoms with Crippen LogP contribution < -0.4 is 14.8 Å². The van der Waals surface area contributed by atoms with Crippen molar-refractivity contribution in [3.8, 4) is 11.5 Å². The number of rotatable bonds is 4. The summed E-state index contributed by atoms with van der Waals surface area (Å²) in [4.78, 5) is 16.0. The van der Waals surface area contributed by atoms with Crippen LogP contribution in [0.15, 0.2) is 23.2 Å². The summed E-state index contributed by atoms with van der Waals surface area (Å²) in [5, 5.41) is 3.19. The van der Waals surface area contributed by atoms with Crippen LogP contribution in [0.2, 0.25) is 0 Å². The van der Waals surface area contributed by atoms with Gasteiger partial charge < -0.3 is 14.8 Å². The average molecular weight is 302 g/mol. The molecule has 20 heavy (non-hydrogen) atoms. The van der Waals surface area contributed by atoms with Crippen LogP contribution in [0.3, 0.4) is 0 Å². The Hall–Kier alpha value is -1.83. The van der Waals surface area contributed by atoms with Crippen molar-refractivity contribution in [2.45, 2.75) is 6.61 Å². The van der Waals surface area contributed by atoms with Crippen molar-refractivity contribution in [1.29, 1.82) is 0 Å². The third-order valence-electron chi connectivity index (χ3n) is 2.45. The number of carbonyl (C=O) groups is 1. The Balaban J connectivity index is 2.13. The first-order valence-corrected chi connectivity index (χ1v) is 6.70. The number of thioether (sulfide) groups is 1. The van der Waals surface area contributed by atoms with Gasteiger partial charge in [-0.1, -0.05) is 11.8 Å². The fraction of sp³-hybridized carbons (Fsp3) is 0.333. The van der Waals surface area contributed by atoms with Gasteiger partial charge in [0.1, 0.15) is 0 Å². The lowest BCUT2D eigenvalue weighted by Gasteiger charge is -2.11. The smallest absolute Gasteiger partial charge is 0.387 e. The molecule has 108 valence electrons. The number of amides is 1. The van der Waals surface area contributed by atoms with Crippen molar-refractivity contribution < 1.29 is 23.0 Å². The lowest BCUT2D eigenvalue weighted by molar-refractivity contribution is -0.0512. The molecular weight excluding hydrogens is 290 g/mol. The molecule has 0 atom stereocenters. The number of alkyl halides is 2. The Morgan fingerprint density at radius 3 is 2.85 bits per heavy atom. The van der Waals surface area contributed by atoms with Crippen molar-refractivity contribution in [1.82, 2.24) is 5.32 Å². The number of halogens is 2. The van der Waals surface area contributed by atoms with E-state index in [2.05, 4.69) is 15.0 Å². The summed E-state index contributed by atoms with van der Waals surface area (Å²) in [5.41, 5.74) is 0.277. The Morgan fingerprint density at radius 1 is 1.45 bits per heavy atom. The molecule has 1 aromatic carbocycles. The molecule has 0 spiro atoms. The van der Waals surface area contributed by atoms with Crippen LogP contribution in [0.1, 0.15) is 10.4 Å². The summed E-state index contributed by atoms with van der Waals surface area (Å²) >= 11 is 1.45. The van der Waals surface area contributed by atoms with Crippen LogP contribution in [-0.2, 0) is 0 Å². The number of ether oxygens (including phenoxy) is 2. The van der Waals surface area contributed by atoms with Gasteiger partial charge in [-0.2, -0.15) is 8.78 Å². The highest BCUT2D eigenvalue weighted by molar-refractivity contribution is 8.14. The molecular formula is C12H12F2N2O3S. The van der Waals surface area contributed by atoms with E-state index in [1.54, 1.807) is 0 Å². The Bertz CT molecular complexity index is 537. The minimum absolute atomic E-state index is 0.0685. The summed E-state index contributed by atoms with van der Waals surface area (Å²) in [6, 6.07) is 3.99. The van der Waals surface area contributed by atoms with E-state index in [1.165, 1.54) is 37.1 Å². The number of nitrogens with one attached hydrogen (secondary N) is 1. The molecule has 0 saturated carbocycles. The fourth-order valence-corrected chi connectivity index (χ4v) is 2.31. The highest BCUT2D eigenvalue weighted by Crippen LogP contribution is 2.29. The molecule has 1 aliphatic rings. The molecule has 0 aliphatic carbocycles. The maximum atomic E-state index is 12.2. The largest absolute Gasteiger partial charge is 0.493 e. The van der Waals surface area contributed by atoms with Gasteiger partial charge in [0, 0.05) is 11.3 Å². The van der Waals surface area contributed by atoms with E-state index in [4.69, 9.17) is 4.74 Å². The van der Waals surface area contributed by atoms with E-state index in [-0.39, 0.29) is 23.0 Å². The van der Waals surface area contributed by atoms with Crippen LogP contribution in [0.25, 0.3) is 0 Å². The molecule has 1 amide bonds. The first kappa shape index (κ1) is 14.6. The molecule has 1 heterocycles. The summed E-state index contributed by atoms with van der Waals surface area (Å²) < 4.78 is 33.6. The third kappa shape index (κ3) is 3.60. The summed E-state index contributed by atoms with van der Waals surface area (Å²) in [5.74, 6) is 0.408. The van der Waals surface area contributed by atoms with Crippen molar-refractivity contribution in [3.63, 3.8) is 0 Å². The van der Waals surface area contributed by atoms with E-state index in [0.717, 1.165) is 5.75 Å². The molecule has 0 saturated heterocycles. The third-order valence-corrected chi connectivity index (χ3v) is 3.34. The molecule has 0 fully saturated rings. The van der Waals surface area contributed by atoms with Crippen molar-refractivity contribution in [2.24, 2.45) is 4.99 Å². The molecule has 5 nitrogen and oxygen atoms in total. The van der Waals surface area contributed by atoms with Gasteiger partial charge in [0.2, 0.25) is 0 Å². The van der Waals surface area contributed by atoms with Gasteiger partial charge in [0.15, 0.2) is 16.7 Å². The van der Waals surface area contributed by atoms with E-state index >= 15 is 0 Å². The number of carbonyl (C=O) groups excluding carboxylic acids is 1. The maximum absolute atomic E-state index is 12.2. The monoisotopic (exact) mass is 302 g/mol. The number of amidine groups is 1. The molecule has 0 bridgehead atoms. The van der Waals surface area contributed by atoms with E-state index in [9.17, 15) is 13.6 Å². The van der Waals surface area contributed by atoms with Crippen molar-refractivity contribution in [2.75, 3.05) is 19.4 Å². The molecule has 1 aliphatic heterocycles. The van der Waals surface area contributed by atoms with E-state index in [1.807, 2.05) is 0 Å². The standard InChI is InChI=1S/C12H12F2N2O3S/c1-18-9-6-7(2-3-8(9)19-11(13)14)10(17)16-12-15-4-5-20-12/h2-3,6,11H,4-5H2,1H3,(H,15,16,17). The second-order valence-corrected chi connectivity index (χ2v) is 4.82. The van der Waals surface area contributed by atoms with Crippen molar-refractivity contribution >= 4 is 22.8 Å². The van der Waals surface area contributed by atoms with Gasteiger partial charge in [0.05, 0.1) is 13.7 Å². The molecule has 0 aromatic heterocycles. The molecule has 8 heteroatoms. The van der Waals surface area contributed by atoms with Gasteiger partial charge in [0.25, 0.3) is 5.91 Å². The second-order valence-electron chi connectivity index (χ2n) is 3.73. The molecule has 2 rings (SSSR count). The minimum atomic E-state index is -2.95. The summed E-state index contributed by atoms with van der Waals surface area (Å²) in [6.45, 7) is -2.28. The first-order chi connectivity index (χ1) is 9.60. The topological polar surface area (TPSA) is 59.9 Å². The van der Waals surface area contributed by atoms with Crippen molar-refractivity contribution in [3.05, 3.63) is 23.8 Å². The number of nitrogens with zero attached hydrogens (tertiary/aromatic N) is 1. The zero-order valence-electron chi connectivity index (χ0n) is 10.6. The van der Waals surface area contributed by atoms with Crippen LogP contribution in [0, 0.1) is 0 Å². The second kappa shape index (κ2) is 6.56.